The van der Waals surface area contributed by atoms with Crippen molar-refractivity contribution in [1.82, 2.24) is 24.7 Å². The van der Waals surface area contributed by atoms with Crippen molar-refractivity contribution in [3.8, 4) is 0 Å². The highest BCUT2D eigenvalue weighted by Crippen LogP contribution is 2.33. The van der Waals surface area contributed by atoms with Crippen LogP contribution in [-0.4, -0.2) is 30.6 Å². The van der Waals surface area contributed by atoms with Crippen molar-refractivity contribution in [1.29, 1.82) is 0 Å². The van der Waals surface area contributed by atoms with Crippen molar-refractivity contribution < 1.29 is 4.79 Å². The molecule has 0 saturated heterocycles. The Morgan fingerprint density at radius 1 is 1.38 bits per heavy atom. The van der Waals surface area contributed by atoms with Crippen LogP contribution in [0, 0.1) is 13.8 Å². The summed E-state index contributed by atoms with van der Waals surface area (Å²) in [6.07, 6.45) is 0.678. The number of hydrogen-bond donors (Lipinski definition) is 2. The van der Waals surface area contributed by atoms with Crippen LogP contribution in [0.3, 0.4) is 0 Å². The maximum absolute atomic E-state index is 12.4. The molecule has 0 spiro atoms. The molecule has 1 amide bonds. The van der Waals surface area contributed by atoms with Crippen molar-refractivity contribution in [3.05, 3.63) is 32.4 Å². The van der Waals surface area contributed by atoms with Gasteiger partial charge in [0.2, 0.25) is 5.91 Å². The molecule has 138 valence electrons. The highest BCUT2D eigenvalue weighted by Gasteiger charge is 2.19. The number of aryl methyl sites for hydroxylation is 3. The van der Waals surface area contributed by atoms with Crippen molar-refractivity contribution in [3.63, 3.8) is 0 Å². The Balaban J connectivity index is 1.84. The number of nitrogens with one attached hydrogen (secondary N) is 1. The fourth-order valence-electron chi connectivity index (χ4n) is 2.58. The number of primary amides is 1. The predicted molar refractivity (Wildman–Crippen MR) is 103 cm³/mol. The smallest absolute Gasteiger partial charge is 0.259 e. The fraction of sp³-hybridized carbons (Fsp3) is 0.438. The van der Waals surface area contributed by atoms with Crippen LogP contribution in [0.5, 0.6) is 0 Å². The molecule has 1 atom stereocenters. The normalized spacial score (nSPS) is 12.6. The molecule has 3 rings (SSSR count). The number of carbonyl (C=O) groups is 1. The Morgan fingerprint density at radius 3 is 2.81 bits per heavy atom. The quantitative estimate of drug-likeness (QED) is 0.619. The van der Waals surface area contributed by atoms with Crippen molar-refractivity contribution in [2.45, 2.75) is 44.0 Å². The third-order valence-corrected chi connectivity index (χ3v) is 6.49. The molecule has 0 unspecified atom stereocenters. The number of aromatic amines is 1. The molecule has 10 heteroatoms. The lowest BCUT2D eigenvalue weighted by atomic mass is 10.2. The number of nitrogens with two attached hydrogens (primary N) is 1. The van der Waals surface area contributed by atoms with Gasteiger partial charge in [-0.2, -0.15) is 0 Å². The number of H-pyrrole nitrogens is 1. The van der Waals surface area contributed by atoms with Crippen molar-refractivity contribution in [2.24, 2.45) is 12.8 Å². The van der Waals surface area contributed by atoms with Gasteiger partial charge in [-0.15, -0.1) is 21.5 Å². The maximum atomic E-state index is 12.4. The topological polar surface area (TPSA) is 120 Å². The summed E-state index contributed by atoms with van der Waals surface area (Å²) in [4.78, 5) is 32.8. The summed E-state index contributed by atoms with van der Waals surface area (Å²) in [6.45, 7) is 5.89. The van der Waals surface area contributed by atoms with Gasteiger partial charge in [-0.25, -0.2) is 4.98 Å². The number of hydrogen-bond acceptors (Lipinski definition) is 7. The lowest BCUT2D eigenvalue weighted by molar-refractivity contribution is -0.118. The number of rotatable bonds is 6. The molecule has 3 aromatic rings. The Hall–Kier alpha value is -2.20. The lowest BCUT2D eigenvalue weighted by Crippen LogP contribution is -2.13. The van der Waals surface area contributed by atoms with E-state index in [-0.39, 0.29) is 23.1 Å². The van der Waals surface area contributed by atoms with E-state index in [1.165, 1.54) is 23.1 Å². The van der Waals surface area contributed by atoms with E-state index in [0.717, 1.165) is 15.3 Å². The Bertz CT molecular complexity index is 1040. The first-order chi connectivity index (χ1) is 12.3. The van der Waals surface area contributed by atoms with Gasteiger partial charge < -0.3 is 15.3 Å². The minimum absolute atomic E-state index is 0.110. The molecular weight excluding hydrogens is 372 g/mol. The summed E-state index contributed by atoms with van der Waals surface area (Å²) in [7, 11) is 1.84. The van der Waals surface area contributed by atoms with Gasteiger partial charge in [-0.05, 0) is 26.3 Å². The summed E-state index contributed by atoms with van der Waals surface area (Å²) in [6, 6.07) is 0. The first-order valence-corrected chi connectivity index (χ1v) is 9.80. The van der Waals surface area contributed by atoms with E-state index in [2.05, 4.69) is 20.2 Å². The van der Waals surface area contributed by atoms with Gasteiger partial charge in [0.15, 0.2) is 5.16 Å². The van der Waals surface area contributed by atoms with E-state index in [4.69, 9.17) is 5.73 Å². The van der Waals surface area contributed by atoms with Crippen LogP contribution in [-0.2, 0) is 18.3 Å². The minimum Gasteiger partial charge on any atom is -0.370 e. The molecular formula is C16H20N6O2S2. The molecule has 3 heterocycles. The number of carbonyl (C=O) groups excluding carboxylic acids is 1. The average Bonchev–Trinajstić information content (AvgIpc) is 3.06. The van der Waals surface area contributed by atoms with Gasteiger partial charge in [0.1, 0.15) is 16.5 Å². The van der Waals surface area contributed by atoms with E-state index < -0.39 is 0 Å². The number of fused-ring (bicyclic) bond motifs is 1. The monoisotopic (exact) mass is 392 g/mol. The van der Waals surface area contributed by atoms with Crippen LogP contribution in [0.1, 0.15) is 40.7 Å². The number of amides is 1. The second kappa shape index (κ2) is 7.20. The summed E-state index contributed by atoms with van der Waals surface area (Å²) in [5.41, 5.74) is 6.06. The molecule has 0 saturated carbocycles. The molecule has 26 heavy (non-hydrogen) atoms. The SMILES string of the molecule is Cc1sc2nc([C@H](C)Sc3nnc(CCC(N)=O)n3C)[nH]c(=O)c2c1C. The van der Waals surface area contributed by atoms with E-state index in [1.807, 2.05) is 32.4 Å². The maximum Gasteiger partial charge on any atom is 0.259 e. The minimum atomic E-state index is -0.368. The number of thioether (sulfide) groups is 1. The summed E-state index contributed by atoms with van der Waals surface area (Å²) >= 11 is 2.98. The molecule has 0 bridgehead atoms. The molecule has 8 nitrogen and oxygen atoms in total. The summed E-state index contributed by atoms with van der Waals surface area (Å²) < 4.78 is 1.83. The first-order valence-electron chi connectivity index (χ1n) is 8.11. The molecule has 3 aromatic heterocycles. The van der Waals surface area contributed by atoms with Gasteiger partial charge in [0, 0.05) is 24.8 Å². The third-order valence-electron chi connectivity index (χ3n) is 4.24. The third kappa shape index (κ3) is 3.51. The van der Waals surface area contributed by atoms with Crippen LogP contribution in [0.15, 0.2) is 9.95 Å². The largest absolute Gasteiger partial charge is 0.370 e. The fourth-order valence-corrected chi connectivity index (χ4v) is 4.51. The van der Waals surface area contributed by atoms with Crippen LogP contribution in [0.2, 0.25) is 0 Å². The first kappa shape index (κ1) is 18.6. The van der Waals surface area contributed by atoms with Crippen molar-refractivity contribution in [2.75, 3.05) is 0 Å². The Labute approximate surface area is 158 Å². The lowest BCUT2D eigenvalue weighted by Gasteiger charge is -2.10. The molecule has 0 aliphatic heterocycles. The van der Waals surface area contributed by atoms with Crippen LogP contribution in [0.4, 0.5) is 0 Å². The van der Waals surface area contributed by atoms with Crippen LogP contribution in [0.25, 0.3) is 10.2 Å². The highest BCUT2D eigenvalue weighted by atomic mass is 32.2. The average molecular weight is 393 g/mol. The van der Waals surface area contributed by atoms with E-state index >= 15 is 0 Å². The van der Waals surface area contributed by atoms with Gasteiger partial charge in [0.25, 0.3) is 5.56 Å². The summed E-state index contributed by atoms with van der Waals surface area (Å²) in [5, 5.41) is 9.53. The number of thiophene rings is 1. The van der Waals surface area contributed by atoms with Crippen LogP contribution < -0.4 is 11.3 Å². The highest BCUT2D eigenvalue weighted by molar-refractivity contribution is 7.99. The zero-order valence-corrected chi connectivity index (χ0v) is 16.6. The van der Waals surface area contributed by atoms with Gasteiger partial charge >= 0.3 is 0 Å². The molecule has 0 aliphatic carbocycles. The van der Waals surface area contributed by atoms with E-state index in [9.17, 15) is 9.59 Å². The Kier molecular flexibility index (Phi) is 5.15. The van der Waals surface area contributed by atoms with Crippen molar-refractivity contribution >= 4 is 39.2 Å². The standard InChI is InChI=1S/C16H20N6O2S2/c1-7-8(2)25-15-12(7)14(24)18-13(19-15)9(3)26-16-21-20-11(22(16)4)6-5-10(17)23/h9H,5-6H2,1-4H3,(H2,17,23)(H,18,19,24)/t9-/m0/s1. The van der Waals surface area contributed by atoms with E-state index in [0.29, 0.717) is 28.6 Å². The summed E-state index contributed by atoms with van der Waals surface area (Å²) in [5.74, 6) is 0.933. The van der Waals surface area contributed by atoms with Crippen LogP contribution >= 0.6 is 23.1 Å². The molecule has 0 aromatic carbocycles. The predicted octanol–water partition coefficient (Wildman–Crippen LogP) is 2.00. The number of aromatic nitrogens is 5. The Morgan fingerprint density at radius 2 is 2.12 bits per heavy atom. The number of nitrogens with zero attached hydrogens (tertiary/aromatic N) is 4. The molecule has 0 radical (unpaired) electrons. The second-order valence-corrected chi connectivity index (χ2v) is 8.61. The molecule has 3 N–H and O–H groups in total. The second-order valence-electron chi connectivity index (χ2n) is 6.10. The van der Waals surface area contributed by atoms with E-state index in [1.54, 1.807) is 0 Å². The van der Waals surface area contributed by atoms with Gasteiger partial charge in [0.05, 0.1) is 10.6 Å². The zero-order chi connectivity index (χ0) is 19.0. The zero-order valence-electron chi connectivity index (χ0n) is 15.0. The molecule has 0 aliphatic rings. The molecule has 0 fully saturated rings. The van der Waals surface area contributed by atoms with Gasteiger partial charge in [-0.3, -0.25) is 9.59 Å². The van der Waals surface area contributed by atoms with Gasteiger partial charge in [-0.1, -0.05) is 11.8 Å².